The maximum absolute atomic E-state index is 12.4. The van der Waals surface area contributed by atoms with E-state index in [9.17, 15) is 19.5 Å². The molecule has 8 heteroatoms. The number of carbonyl (C=O) groups is 3. The number of imide groups is 1. The second-order valence-corrected chi connectivity index (χ2v) is 6.43. The predicted octanol–water partition coefficient (Wildman–Crippen LogP) is 2.89. The zero-order valence-corrected chi connectivity index (χ0v) is 15.1. The van der Waals surface area contributed by atoms with Crippen LogP contribution < -0.4 is 10.6 Å². The molecule has 1 aliphatic rings. The van der Waals surface area contributed by atoms with Crippen molar-refractivity contribution < 1.29 is 19.5 Å². The molecular weight excluding hydrogens is 370 g/mol. The van der Waals surface area contributed by atoms with Crippen molar-refractivity contribution in [3.8, 4) is 5.75 Å². The number of urea groups is 1. The number of hydrogen-bond acceptors (Lipinski definition) is 4. The highest BCUT2D eigenvalue weighted by Gasteiger charge is 2.35. The molecule has 0 atom stereocenters. The van der Waals surface area contributed by atoms with Crippen molar-refractivity contribution in [1.82, 2.24) is 10.2 Å². The van der Waals surface area contributed by atoms with Gasteiger partial charge in [0.15, 0.2) is 0 Å². The first-order valence-electron chi connectivity index (χ1n) is 8.03. The Morgan fingerprint density at radius 3 is 2.63 bits per heavy atom. The second kappa shape index (κ2) is 7.51. The van der Waals surface area contributed by atoms with E-state index >= 15 is 0 Å². The van der Waals surface area contributed by atoms with E-state index < -0.39 is 24.4 Å². The zero-order chi connectivity index (χ0) is 19.6. The average Bonchev–Trinajstić information content (AvgIpc) is 2.87. The molecule has 3 N–H and O–H groups in total. The SMILES string of the molecule is Cc1ccc(NC(=O)CN2C(=O)N/C(=C/c3cc(Cl)ccc3O)C2=O)cc1. The third-order valence-corrected chi connectivity index (χ3v) is 4.12. The molecule has 138 valence electrons. The molecule has 2 aromatic carbocycles. The number of anilines is 1. The van der Waals surface area contributed by atoms with Crippen LogP contribution >= 0.6 is 11.6 Å². The molecule has 0 radical (unpaired) electrons. The fourth-order valence-corrected chi connectivity index (χ4v) is 2.67. The Bertz CT molecular complexity index is 954. The largest absolute Gasteiger partial charge is 0.507 e. The van der Waals surface area contributed by atoms with Crippen LogP contribution in [-0.4, -0.2) is 34.4 Å². The van der Waals surface area contributed by atoms with E-state index in [-0.39, 0.29) is 17.0 Å². The van der Waals surface area contributed by atoms with Gasteiger partial charge in [0.1, 0.15) is 18.0 Å². The Kier molecular flexibility index (Phi) is 5.14. The molecule has 1 saturated heterocycles. The van der Waals surface area contributed by atoms with Crippen LogP contribution in [0.15, 0.2) is 48.2 Å². The maximum atomic E-state index is 12.4. The minimum atomic E-state index is -0.716. The maximum Gasteiger partial charge on any atom is 0.329 e. The summed E-state index contributed by atoms with van der Waals surface area (Å²) in [6.45, 7) is 1.49. The summed E-state index contributed by atoms with van der Waals surface area (Å²) in [6.07, 6.45) is 1.30. The highest BCUT2D eigenvalue weighted by molar-refractivity contribution is 6.30. The monoisotopic (exact) mass is 385 g/mol. The topological polar surface area (TPSA) is 98.7 Å². The van der Waals surface area contributed by atoms with Crippen molar-refractivity contribution in [2.45, 2.75) is 6.92 Å². The van der Waals surface area contributed by atoms with Gasteiger partial charge in [0.25, 0.3) is 5.91 Å². The first kappa shape index (κ1) is 18.5. The summed E-state index contributed by atoms with van der Waals surface area (Å²) in [5, 5.41) is 15.2. The number of rotatable bonds is 4. The summed E-state index contributed by atoms with van der Waals surface area (Å²) in [6, 6.07) is 10.7. The van der Waals surface area contributed by atoms with Gasteiger partial charge >= 0.3 is 6.03 Å². The number of amides is 4. The summed E-state index contributed by atoms with van der Waals surface area (Å²) < 4.78 is 0. The molecule has 2 aromatic rings. The molecule has 4 amide bonds. The van der Waals surface area contributed by atoms with E-state index in [2.05, 4.69) is 10.6 Å². The summed E-state index contributed by atoms with van der Waals surface area (Å²) in [4.78, 5) is 37.4. The Morgan fingerprint density at radius 1 is 1.22 bits per heavy atom. The number of nitrogens with zero attached hydrogens (tertiary/aromatic N) is 1. The van der Waals surface area contributed by atoms with Gasteiger partial charge in [-0.15, -0.1) is 0 Å². The Labute approximate surface area is 160 Å². The van der Waals surface area contributed by atoms with Gasteiger partial charge in [0, 0.05) is 16.3 Å². The van der Waals surface area contributed by atoms with Crippen LogP contribution in [0.2, 0.25) is 5.02 Å². The van der Waals surface area contributed by atoms with Gasteiger partial charge in [-0.25, -0.2) is 9.69 Å². The first-order chi connectivity index (χ1) is 12.8. The summed E-state index contributed by atoms with van der Waals surface area (Å²) in [7, 11) is 0. The number of halogens is 1. The number of phenols is 1. The molecule has 3 rings (SSSR count). The van der Waals surface area contributed by atoms with E-state index in [0.29, 0.717) is 10.7 Å². The van der Waals surface area contributed by atoms with Crippen molar-refractivity contribution >= 4 is 41.2 Å². The lowest BCUT2D eigenvalue weighted by atomic mass is 10.1. The van der Waals surface area contributed by atoms with Crippen molar-refractivity contribution in [2.24, 2.45) is 0 Å². The van der Waals surface area contributed by atoms with E-state index in [1.165, 1.54) is 24.3 Å². The standard InChI is InChI=1S/C19H16ClN3O4/c1-11-2-5-14(6-3-11)21-17(25)10-23-18(26)15(22-19(23)27)9-12-8-13(20)4-7-16(12)24/h2-9,24H,10H2,1H3,(H,21,25)(H,22,27)/b15-9+. The molecule has 1 fully saturated rings. The van der Waals surface area contributed by atoms with Gasteiger partial charge in [0.05, 0.1) is 0 Å². The molecule has 0 saturated carbocycles. The molecule has 27 heavy (non-hydrogen) atoms. The number of hydrogen-bond donors (Lipinski definition) is 3. The Balaban J connectivity index is 1.72. The lowest BCUT2D eigenvalue weighted by Crippen LogP contribution is -2.38. The summed E-state index contributed by atoms with van der Waals surface area (Å²) in [5.41, 5.74) is 1.83. The van der Waals surface area contributed by atoms with E-state index in [4.69, 9.17) is 11.6 Å². The number of carbonyl (C=O) groups excluding carboxylic acids is 3. The molecule has 0 aromatic heterocycles. The highest BCUT2D eigenvalue weighted by atomic mass is 35.5. The minimum absolute atomic E-state index is 0.0549. The van der Waals surface area contributed by atoms with Crippen molar-refractivity contribution in [2.75, 3.05) is 11.9 Å². The minimum Gasteiger partial charge on any atom is -0.507 e. The fourth-order valence-electron chi connectivity index (χ4n) is 2.49. The van der Waals surface area contributed by atoms with Gasteiger partial charge in [-0.1, -0.05) is 29.3 Å². The van der Waals surface area contributed by atoms with Crippen molar-refractivity contribution in [3.05, 3.63) is 64.3 Å². The summed E-state index contributed by atoms with van der Waals surface area (Å²) in [5.74, 6) is -1.27. The van der Waals surface area contributed by atoms with Gasteiger partial charge in [-0.3, -0.25) is 9.59 Å². The van der Waals surface area contributed by atoms with E-state index in [0.717, 1.165) is 10.5 Å². The fraction of sp³-hybridized carbons (Fsp3) is 0.105. The number of aromatic hydroxyl groups is 1. The lowest BCUT2D eigenvalue weighted by Gasteiger charge is -2.12. The van der Waals surface area contributed by atoms with Gasteiger partial charge in [-0.2, -0.15) is 0 Å². The van der Waals surface area contributed by atoms with Crippen LogP contribution in [0.25, 0.3) is 6.08 Å². The quantitative estimate of drug-likeness (QED) is 0.556. The number of nitrogens with one attached hydrogen (secondary N) is 2. The van der Waals surface area contributed by atoms with Crippen molar-refractivity contribution in [1.29, 1.82) is 0 Å². The summed E-state index contributed by atoms with van der Waals surface area (Å²) >= 11 is 5.88. The van der Waals surface area contributed by atoms with Crippen molar-refractivity contribution in [3.63, 3.8) is 0 Å². The van der Waals surface area contributed by atoms with Crippen LogP contribution in [0.1, 0.15) is 11.1 Å². The molecule has 0 bridgehead atoms. The van der Waals surface area contributed by atoms with E-state index in [1.807, 2.05) is 19.1 Å². The number of benzene rings is 2. The van der Waals surface area contributed by atoms with Crippen LogP contribution in [0, 0.1) is 6.92 Å². The van der Waals surface area contributed by atoms with Crippen LogP contribution in [0.3, 0.4) is 0 Å². The normalized spacial score (nSPS) is 15.2. The number of phenolic OH excluding ortho intramolecular Hbond substituents is 1. The molecule has 0 unspecified atom stereocenters. The average molecular weight is 386 g/mol. The van der Waals surface area contributed by atoms with Gasteiger partial charge in [-0.05, 0) is 43.3 Å². The molecule has 0 aliphatic carbocycles. The smallest absolute Gasteiger partial charge is 0.329 e. The first-order valence-corrected chi connectivity index (χ1v) is 8.41. The van der Waals surface area contributed by atoms with Gasteiger partial charge < -0.3 is 15.7 Å². The van der Waals surface area contributed by atoms with Crippen LogP contribution in [0.5, 0.6) is 5.75 Å². The van der Waals surface area contributed by atoms with Crippen LogP contribution in [-0.2, 0) is 9.59 Å². The third-order valence-electron chi connectivity index (χ3n) is 3.89. The van der Waals surface area contributed by atoms with Gasteiger partial charge in [0.2, 0.25) is 5.91 Å². The number of aryl methyl sites for hydroxylation is 1. The van der Waals surface area contributed by atoms with Crippen LogP contribution in [0.4, 0.5) is 10.5 Å². The molecule has 0 spiro atoms. The lowest BCUT2D eigenvalue weighted by molar-refractivity contribution is -0.127. The molecular formula is C19H16ClN3O4. The van der Waals surface area contributed by atoms with E-state index in [1.54, 1.807) is 12.1 Å². The molecule has 1 heterocycles. The molecule has 1 aliphatic heterocycles. The highest BCUT2D eigenvalue weighted by Crippen LogP contribution is 2.25. The molecule has 7 nitrogen and oxygen atoms in total. The second-order valence-electron chi connectivity index (χ2n) is 6.00. The zero-order valence-electron chi connectivity index (χ0n) is 14.3. The predicted molar refractivity (Wildman–Crippen MR) is 101 cm³/mol. The Morgan fingerprint density at radius 2 is 1.93 bits per heavy atom. The Hall–Kier alpha value is -3.32. The third kappa shape index (κ3) is 4.27.